The van der Waals surface area contributed by atoms with Crippen molar-refractivity contribution < 1.29 is 18.8 Å². The molecule has 41 heavy (non-hydrogen) atoms. The molecule has 2 fully saturated rings. The molecule has 2 aliphatic rings. The van der Waals surface area contributed by atoms with Crippen LogP contribution in [-0.4, -0.2) is 81.0 Å². The summed E-state index contributed by atoms with van der Waals surface area (Å²) in [5.41, 5.74) is 8.34. The topological polar surface area (TPSA) is 115 Å². The van der Waals surface area contributed by atoms with E-state index in [0.717, 1.165) is 34.2 Å². The number of carbonyl (C=O) groups is 3. The minimum atomic E-state index is -0.803. The first-order valence-corrected chi connectivity index (χ1v) is 14.9. The van der Waals surface area contributed by atoms with Crippen LogP contribution in [-0.2, 0) is 22.6 Å². The van der Waals surface area contributed by atoms with Crippen molar-refractivity contribution in [3.8, 4) is 0 Å². The average molecular weight is 582 g/mol. The molecule has 0 aliphatic carbocycles. The first kappa shape index (κ1) is 28.7. The van der Waals surface area contributed by atoms with Gasteiger partial charge >= 0.3 is 6.03 Å². The standard InChI is InChI=1S/C29H36FN7O3S/c1-3-5-13-32-29(40)35(14-4-2)36-18-25(38)37-22(15-19-9-11-21(30)12-10-19)27(39)34(17-24(36)37)16-20-7-6-8-23-26(20)33-28(31)41-23/h6-12,22,24H,3-5,13-18H2,1-2H3,(H2,31,33)(H,32,40)/t22-,24+/m0/s1. The first-order valence-electron chi connectivity index (χ1n) is 14.1. The highest BCUT2D eigenvalue weighted by molar-refractivity contribution is 7.22. The summed E-state index contributed by atoms with van der Waals surface area (Å²) in [6.45, 7) is 5.52. The lowest BCUT2D eigenvalue weighted by molar-refractivity contribution is -0.157. The van der Waals surface area contributed by atoms with E-state index < -0.39 is 12.2 Å². The van der Waals surface area contributed by atoms with Gasteiger partial charge in [-0.25, -0.2) is 14.2 Å². The van der Waals surface area contributed by atoms with E-state index in [2.05, 4.69) is 17.2 Å². The van der Waals surface area contributed by atoms with Crippen LogP contribution >= 0.6 is 11.3 Å². The van der Waals surface area contributed by atoms with Crippen LogP contribution in [0.1, 0.15) is 44.2 Å². The number of urea groups is 1. The van der Waals surface area contributed by atoms with Crippen molar-refractivity contribution in [3.63, 3.8) is 0 Å². The van der Waals surface area contributed by atoms with Crippen LogP contribution in [0.4, 0.5) is 14.3 Å². The molecule has 2 saturated heterocycles. The first-order chi connectivity index (χ1) is 19.8. The molecule has 12 heteroatoms. The number of halogens is 1. The lowest BCUT2D eigenvalue weighted by Gasteiger charge is -2.46. The highest BCUT2D eigenvalue weighted by atomic mass is 32.1. The summed E-state index contributed by atoms with van der Waals surface area (Å²) in [5, 5.41) is 6.84. The third-order valence-electron chi connectivity index (χ3n) is 7.58. The van der Waals surface area contributed by atoms with Gasteiger partial charge in [-0.05, 0) is 42.2 Å². The van der Waals surface area contributed by atoms with Gasteiger partial charge in [0.15, 0.2) is 5.13 Å². The van der Waals surface area contributed by atoms with Crippen LogP contribution in [0, 0.1) is 5.82 Å². The van der Waals surface area contributed by atoms with Crippen molar-refractivity contribution in [1.82, 2.24) is 30.1 Å². The van der Waals surface area contributed by atoms with Crippen molar-refractivity contribution in [2.45, 2.75) is 58.3 Å². The van der Waals surface area contributed by atoms with Gasteiger partial charge in [-0.1, -0.05) is 55.9 Å². The Bertz CT molecular complexity index is 1420. The van der Waals surface area contributed by atoms with Gasteiger partial charge in [-0.3, -0.25) is 14.6 Å². The van der Waals surface area contributed by atoms with Crippen LogP contribution < -0.4 is 11.1 Å². The molecular formula is C29H36FN7O3S. The third-order valence-corrected chi connectivity index (χ3v) is 8.43. The van der Waals surface area contributed by atoms with Crippen LogP contribution in [0.3, 0.4) is 0 Å². The van der Waals surface area contributed by atoms with Gasteiger partial charge in [0, 0.05) is 26.1 Å². The number of carbonyl (C=O) groups excluding carboxylic acids is 3. The number of hydrogen-bond donors (Lipinski definition) is 2. The third kappa shape index (κ3) is 5.98. The summed E-state index contributed by atoms with van der Waals surface area (Å²) in [4.78, 5) is 48.7. The van der Waals surface area contributed by atoms with E-state index in [1.807, 2.05) is 25.1 Å². The predicted octanol–water partition coefficient (Wildman–Crippen LogP) is 3.58. The number of fused-ring (bicyclic) bond motifs is 2. The monoisotopic (exact) mass is 581 g/mol. The number of nitrogens with zero attached hydrogens (tertiary/aromatic N) is 5. The molecule has 3 N–H and O–H groups in total. The Kier molecular flexibility index (Phi) is 8.69. The quantitative estimate of drug-likeness (QED) is 0.354. The maximum Gasteiger partial charge on any atom is 0.332 e. The Balaban J connectivity index is 1.48. The van der Waals surface area contributed by atoms with Crippen LogP contribution in [0.25, 0.3) is 10.2 Å². The van der Waals surface area contributed by atoms with E-state index in [1.165, 1.54) is 23.5 Å². The number of nitrogens with two attached hydrogens (primary N) is 1. The molecule has 0 saturated carbocycles. The molecule has 0 unspecified atom stereocenters. The normalized spacial score (nSPS) is 19.2. The number of rotatable bonds is 10. The van der Waals surface area contributed by atoms with E-state index in [1.54, 1.807) is 32.0 Å². The molecule has 2 aromatic carbocycles. The number of para-hydroxylation sites is 1. The Morgan fingerprint density at radius 3 is 2.68 bits per heavy atom. The van der Waals surface area contributed by atoms with Crippen molar-refractivity contribution in [2.24, 2.45) is 0 Å². The molecule has 0 spiro atoms. The molecule has 0 bridgehead atoms. The number of unbranched alkanes of at least 4 members (excludes halogenated alkanes) is 1. The number of hydrazine groups is 1. The van der Waals surface area contributed by atoms with Gasteiger partial charge in [0.1, 0.15) is 18.0 Å². The summed E-state index contributed by atoms with van der Waals surface area (Å²) < 4.78 is 14.6. The number of thiazole rings is 1. The smallest absolute Gasteiger partial charge is 0.332 e. The number of hydrogen-bond acceptors (Lipinski definition) is 7. The fourth-order valence-electron chi connectivity index (χ4n) is 5.61. The summed E-state index contributed by atoms with van der Waals surface area (Å²) >= 11 is 1.39. The second-order valence-electron chi connectivity index (χ2n) is 10.5. The van der Waals surface area contributed by atoms with Crippen LogP contribution in [0.15, 0.2) is 42.5 Å². The minimum absolute atomic E-state index is 0.00883. The largest absolute Gasteiger partial charge is 0.375 e. The summed E-state index contributed by atoms with van der Waals surface area (Å²) in [5.74, 6) is -0.783. The minimum Gasteiger partial charge on any atom is -0.375 e. The van der Waals surface area contributed by atoms with Gasteiger partial charge in [0.25, 0.3) is 0 Å². The maximum atomic E-state index is 14.0. The van der Waals surface area contributed by atoms with E-state index in [9.17, 15) is 18.8 Å². The number of nitrogens with one attached hydrogen (secondary N) is 1. The lowest BCUT2D eigenvalue weighted by Crippen LogP contribution is -2.66. The Labute approximate surface area is 242 Å². The SMILES string of the molecule is CCCCNC(=O)N(CCC)N1CC(=O)N2[C@@H](Cc3ccc(F)cc3)C(=O)N(Cc3cccc4sc(N)nc34)C[C@@H]21. The zero-order chi connectivity index (χ0) is 29.1. The molecule has 218 valence electrons. The Hall–Kier alpha value is -3.77. The van der Waals surface area contributed by atoms with Crippen molar-refractivity contribution >= 4 is 44.5 Å². The lowest BCUT2D eigenvalue weighted by atomic mass is 10.00. The predicted molar refractivity (Wildman–Crippen MR) is 156 cm³/mol. The number of piperazine rings is 1. The summed E-state index contributed by atoms with van der Waals surface area (Å²) in [6.07, 6.45) is 2.21. The van der Waals surface area contributed by atoms with E-state index in [4.69, 9.17) is 5.73 Å². The van der Waals surface area contributed by atoms with E-state index >= 15 is 0 Å². The second-order valence-corrected chi connectivity index (χ2v) is 11.5. The average Bonchev–Trinajstić information content (AvgIpc) is 3.49. The van der Waals surface area contributed by atoms with Crippen molar-refractivity contribution in [3.05, 3.63) is 59.4 Å². The number of nitrogen functional groups attached to an aromatic ring is 1. The molecule has 5 rings (SSSR count). The molecule has 3 aromatic rings. The fourth-order valence-corrected chi connectivity index (χ4v) is 6.39. The number of aromatic nitrogens is 1. The number of benzene rings is 2. The number of amides is 4. The summed E-state index contributed by atoms with van der Waals surface area (Å²) in [7, 11) is 0. The van der Waals surface area contributed by atoms with Gasteiger partial charge in [0.2, 0.25) is 11.8 Å². The molecule has 3 heterocycles. The molecule has 1 aromatic heterocycles. The van der Waals surface area contributed by atoms with Gasteiger partial charge in [-0.2, -0.15) is 5.01 Å². The van der Waals surface area contributed by atoms with E-state index in [0.29, 0.717) is 24.6 Å². The van der Waals surface area contributed by atoms with Crippen molar-refractivity contribution in [2.75, 3.05) is 31.9 Å². The molecular weight excluding hydrogens is 545 g/mol. The Morgan fingerprint density at radius 2 is 1.95 bits per heavy atom. The van der Waals surface area contributed by atoms with Gasteiger partial charge < -0.3 is 20.9 Å². The zero-order valence-corrected chi connectivity index (χ0v) is 24.2. The molecule has 10 nitrogen and oxygen atoms in total. The van der Waals surface area contributed by atoms with Gasteiger partial charge in [0.05, 0.1) is 23.3 Å². The summed E-state index contributed by atoms with van der Waals surface area (Å²) in [6, 6.07) is 10.7. The van der Waals surface area contributed by atoms with Crippen molar-refractivity contribution in [1.29, 1.82) is 0 Å². The van der Waals surface area contributed by atoms with E-state index in [-0.39, 0.29) is 49.7 Å². The Morgan fingerprint density at radius 1 is 1.17 bits per heavy atom. The highest BCUT2D eigenvalue weighted by Gasteiger charge is 2.52. The highest BCUT2D eigenvalue weighted by Crippen LogP contribution is 2.32. The molecule has 2 atom stereocenters. The zero-order valence-electron chi connectivity index (χ0n) is 23.4. The molecule has 4 amide bonds. The maximum absolute atomic E-state index is 14.0. The van der Waals surface area contributed by atoms with Crippen LogP contribution in [0.5, 0.6) is 0 Å². The fraction of sp³-hybridized carbons (Fsp3) is 0.448. The molecule has 2 aliphatic heterocycles. The second kappa shape index (κ2) is 12.4. The van der Waals surface area contributed by atoms with Crippen LogP contribution in [0.2, 0.25) is 0 Å². The van der Waals surface area contributed by atoms with Gasteiger partial charge in [-0.15, -0.1) is 0 Å². The molecule has 0 radical (unpaired) electrons. The number of anilines is 1.